The fraction of sp³-hybridized carbons (Fsp3) is 0.200. The van der Waals surface area contributed by atoms with Gasteiger partial charge in [0.2, 0.25) is 0 Å². The predicted molar refractivity (Wildman–Crippen MR) is 103 cm³/mol. The molecule has 1 aromatic heterocycles. The molecule has 0 radical (unpaired) electrons. The molecule has 2 amide bonds. The van der Waals surface area contributed by atoms with E-state index in [-0.39, 0.29) is 12.4 Å². The van der Waals surface area contributed by atoms with Crippen LogP contribution in [0.4, 0.5) is 5.69 Å². The van der Waals surface area contributed by atoms with Gasteiger partial charge >= 0.3 is 5.91 Å². The minimum atomic E-state index is -0.546. The van der Waals surface area contributed by atoms with Crippen molar-refractivity contribution in [2.45, 2.75) is 6.61 Å². The van der Waals surface area contributed by atoms with Gasteiger partial charge < -0.3 is 14.1 Å². The van der Waals surface area contributed by atoms with Crippen LogP contribution in [0.5, 0.6) is 0 Å². The number of hydrogen-bond acceptors (Lipinski definition) is 5. The lowest BCUT2D eigenvalue weighted by Gasteiger charge is -2.13. The maximum atomic E-state index is 12.5. The van der Waals surface area contributed by atoms with E-state index in [1.807, 2.05) is 43.3 Å². The first-order valence-corrected chi connectivity index (χ1v) is 8.38. The number of furan rings is 1. The number of nitrogens with zero attached hydrogens (tertiary/aromatic N) is 1. The Morgan fingerprint density at radius 1 is 1.04 bits per heavy atom. The van der Waals surface area contributed by atoms with Gasteiger partial charge in [0, 0.05) is 43.4 Å². The molecule has 7 nitrogen and oxygen atoms in total. The number of para-hydroxylation sites is 1. The Morgan fingerprint density at radius 2 is 1.78 bits per heavy atom. The Balaban J connectivity index is 1.76. The molecule has 0 saturated carbocycles. The second kappa shape index (κ2) is 7.92. The third-order valence-corrected chi connectivity index (χ3v) is 4.11. The molecule has 3 aromatic rings. The lowest BCUT2D eigenvalue weighted by Crippen LogP contribution is -2.41. The van der Waals surface area contributed by atoms with Gasteiger partial charge in [0.25, 0.3) is 5.91 Å². The maximum Gasteiger partial charge on any atom is 0.305 e. The molecule has 2 aromatic carbocycles. The van der Waals surface area contributed by atoms with E-state index in [0.717, 1.165) is 11.1 Å². The smallest absolute Gasteiger partial charge is 0.305 e. The summed E-state index contributed by atoms with van der Waals surface area (Å²) in [6, 6.07) is 14.4. The molecule has 0 unspecified atom stereocenters. The number of amides is 2. The fourth-order valence-electron chi connectivity index (χ4n) is 2.74. The van der Waals surface area contributed by atoms with E-state index in [1.54, 1.807) is 31.4 Å². The molecule has 140 valence electrons. The number of rotatable bonds is 5. The molecule has 0 saturated heterocycles. The first-order chi connectivity index (χ1) is 13.0. The van der Waals surface area contributed by atoms with Crippen molar-refractivity contribution in [3.05, 3.63) is 65.4 Å². The van der Waals surface area contributed by atoms with E-state index in [4.69, 9.17) is 9.15 Å². The predicted octanol–water partition coefficient (Wildman–Crippen LogP) is 2.72. The van der Waals surface area contributed by atoms with Crippen LogP contribution in [-0.2, 0) is 11.3 Å². The van der Waals surface area contributed by atoms with Gasteiger partial charge in [-0.3, -0.25) is 20.4 Å². The molecule has 3 rings (SSSR count). The van der Waals surface area contributed by atoms with Crippen LogP contribution in [0, 0.1) is 0 Å². The zero-order valence-electron chi connectivity index (χ0n) is 15.4. The van der Waals surface area contributed by atoms with Crippen molar-refractivity contribution in [2.24, 2.45) is 0 Å². The minimum absolute atomic E-state index is 0.111. The lowest BCUT2D eigenvalue weighted by molar-refractivity contribution is 0.0828. The standard InChI is InChI=1S/C20H21N3O4/c1-23(2)14-8-6-7-13(11-14)19(24)21-22-20(25)18-16(12-26-3)15-9-4-5-10-17(15)27-18/h4-11H,12H2,1-3H3,(H,21,24)(H,22,25). The van der Waals surface area contributed by atoms with Crippen LogP contribution in [0.25, 0.3) is 11.0 Å². The number of fused-ring (bicyclic) bond motifs is 1. The molecule has 1 heterocycles. The SMILES string of the molecule is COCc1c(C(=O)NNC(=O)c2cccc(N(C)C)c2)oc2ccccc12. The van der Waals surface area contributed by atoms with E-state index in [1.165, 1.54) is 0 Å². The second-order valence-corrected chi connectivity index (χ2v) is 6.19. The van der Waals surface area contributed by atoms with Gasteiger partial charge in [-0.25, -0.2) is 0 Å². The Labute approximate surface area is 156 Å². The summed E-state index contributed by atoms with van der Waals surface area (Å²) < 4.78 is 10.8. The number of benzene rings is 2. The summed E-state index contributed by atoms with van der Waals surface area (Å²) >= 11 is 0. The zero-order valence-corrected chi connectivity index (χ0v) is 15.4. The molecule has 2 N–H and O–H groups in total. The average molecular weight is 367 g/mol. The van der Waals surface area contributed by atoms with Crippen molar-refractivity contribution in [1.82, 2.24) is 10.9 Å². The van der Waals surface area contributed by atoms with Crippen LogP contribution >= 0.6 is 0 Å². The van der Waals surface area contributed by atoms with E-state index < -0.39 is 11.8 Å². The molecule has 0 atom stereocenters. The molecular weight excluding hydrogens is 346 g/mol. The lowest BCUT2D eigenvalue weighted by atomic mass is 10.1. The highest BCUT2D eigenvalue weighted by Crippen LogP contribution is 2.26. The van der Waals surface area contributed by atoms with Gasteiger partial charge in [-0.05, 0) is 24.3 Å². The first kappa shape index (κ1) is 18.5. The molecule has 0 spiro atoms. The van der Waals surface area contributed by atoms with Gasteiger partial charge in [0.1, 0.15) is 5.58 Å². The zero-order chi connectivity index (χ0) is 19.4. The van der Waals surface area contributed by atoms with Crippen LogP contribution in [-0.4, -0.2) is 33.0 Å². The van der Waals surface area contributed by atoms with Crippen molar-refractivity contribution in [2.75, 3.05) is 26.1 Å². The molecular formula is C20H21N3O4. The fourth-order valence-corrected chi connectivity index (χ4v) is 2.74. The normalized spacial score (nSPS) is 10.6. The molecule has 7 heteroatoms. The highest BCUT2D eigenvalue weighted by atomic mass is 16.5. The number of hydrogen-bond donors (Lipinski definition) is 2. The Hall–Kier alpha value is -3.32. The van der Waals surface area contributed by atoms with Crippen molar-refractivity contribution in [3.63, 3.8) is 0 Å². The topological polar surface area (TPSA) is 83.8 Å². The Morgan fingerprint density at radius 3 is 2.52 bits per heavy atom. The third kappa shape index (κ3) is 3.93. The molecule has 0 fully saturated rings. The second-order valence-electron chi connectivity index (χ2n) is 6.19. The highest BCUT2D eigenvalue weighted by Gasteiger charge is 2.21. The van der Waals surface area contributed by atoms with Gasteiger partial charge in [0.15, 0.2) is 5.76 Å². The highest BCUT2D eigenvalue weighted by molar-refractivity contribution is 6.01. The summed E-state index contributed by atoms with van der Waals surface area (Å²) in [5.41, 5.74) is 7.36. The minimum Gasteiger partial charge on any atom is -0.450 e. The number of nitrogens with one attached hydrogen (secondary N) is 2. The van der Waals surface area contributed by atoms with E-state index in [9.17, 15) is 9.59 Å². The van der Waals surface area contributed by atoms with Gasteiger partial charge in [0.05, 0.1) is 6.61 Å². The van der Waals surface area contributed by atoms with Crippen LogP contribution in [0.3, 0.4) is 0 Å². The summed E-state index contributed by atoms with van der Waals surface area (Å²) in [5, 5.41) is 0.800. The first-order valence-electron chi connectivity index (χ1n) is 8.38. The van der Waals surface area contributed by atoms with Gasteiger partial charge in [-0.15, -0.1) is 0 Å². The number of carbonyl (C=O) groups is 2. The average Bonchev–Trinajstić information content (AvgIpc) is 3.05. The number of methoxy groups -OCH3 is 1. The number of carbonyl (C=O) groups excluding carboxylic acids is 2. The number of ether oxygens (including phenoxy) is 1. The monoisotopic (exact) mass is 367 g/mol. The van der Waals surface area contributed by atoms with E-state index in [0.29, 0.717) is 16.7 Å². The van der Waals surface area contributed by atoms with Crippen molar-refractivity contribution in [1.29, 1.82) is 0 Å². The van der Waals surface area contributed by atoms with Crippen LogP contribution < -0.4 is 15.8 Å². The molecule has 0 aliphatic heterocycles. The van der Waals surface area contributed by atoms with E-state index in [2.05, 4.69) is 10.9 Å². The van der Waals surface area contributed by atoms with Gasteiger partial charge in [-0.2, -0.15) is 0 Å². The van der Waals surface area contributed by atoms with Crippen LogP contribution in [0.2, 0.25) is 0 Å². The Kier molecular flexibility index (Phi) is 5.42. The summed E-state index contributed by atoms with van der Waals surface area (Å²) in [6.45, 7) is 0.221. The summed E-state index contributed by atoms with van der Waals surface area (Å²) in [4.78, 5) is 26.8. The maximum absolute atomic E-state index is 12.5. The third-order valence-electron chi connectivity index (χ3n) is 4.11. The number of hydrazine groups is 1. The molecule has 0 bridgehead atoms. The van der Waals surface area contributed by atoms with Crippen LogP contribution in [0.15, 0.2) is 52.9 Å². The van der Waals surface area contributed by atoms with Crippen molar-refractivity contribution >= 4 is 28.5 Å². The Bertz CT molecular complexity index is 978. The van der Waals surface area contributed by atoms with Gasteiger partial charge in [-0.1, -0.05) is 24.3 Å². The number of anilines is 1. The molecule has 0 aliphatic carbocycles. The van der Waals surface area contributed by atoms with Crippen molar-refractivity contribution in [3.8, 4) is 0 Å². The molecule has 0 aliphatic rings. The molecule has 27 heavy (non-hydrogen) atoms. The van der Waals surface area contributed by atoms with Crippen molar-refractivity contribution < 1.29 is 18.7 Å². The summed E-state index contributed by atoms with van der Waals surface area (Å²) in [5.74, 6) is -0.854. The quantitative estimate of drug-likeness (QED) is 0.678. The largest absolute Gasteiger partial charge is 0.450 e. The summed E-state index contributed by atoms with van der Waals surface area (Å²) in [7, 11) is 5.32. The van der Waals surface area contributed by atoms with E-state index >= 15 is 0 Å². The van der Waals surface area contributed by atoms with Crippen LogP contribution in [0.1, 0.15) is 26.5 Å². The summed E-state index contributed by atoms with van der Waals surface area (Å²) in [6.07, 6.45) is 0.